The van der Waals surface area contributed by atoms with Gasteiger partial charge in [0.05, 0.1) is 9.82 Å². The van der Waals surface area contributed by atoms with Crippen molar-refractivity contribution in [2.24, 2.45) is 0 Å². The van der Waals surface area contributed by atoms with Crippen molar-refractivity contribution in [2.45, 2.75) is 24.3 Å². The van der Waals surface area contributed by atoms with Gasteiger partial charge in [0.15, 0.2) is 0 Å². The Morgan fingerprint density at radius 2 is 1.72 bits per heavy atom. The quantitative estimate of drug-likeness (QED) is 0.275. The van der Waals surface area contributed by atoms with Gasteiger partial charge in [0.25, 0.3) is 5.69 Å². The van der Waals surface area contributed by atoms with Gasteiger partial charge in [0.1, 0.15) is 13.2 Å². The number of alkyl carbamates (subject to hydrolysis) is 1. The van der Waals surface area contributed by atoms with Gasteiger partial charge in [-0.15, -0.1) is 0 Å². The zero-order chi connectivity index (χ0) is 23.6. The van der Waals surface area contributed by atoms with Crippen LogP contribution in [0.1, 0.15) is 18.4 Å². The minimum absolute atomic E-state index is 0.105. The van der Waals surface area contributed by atoms with Crippen LogP contribution in [0, 0.1) is 10.1 Å². The number of non-ortho nitro benzene ring substituents is 1. The number of hydrogen-bond donors (Lipinski definition) is 2. The zero-order valence-electron chi connectivity index (χ0n) is 17.0. The zero-order valence-corrected chi connectivity index (χ0v) is 17.9. The third-order valence-corrected chi connectivity index (χ3v) is 6.17. The predicted molar refractivity (Wildman–Crippen MR) is 113 cm³/mol. The molecule has 2 N–H and O–H groups in total. The van der Waals surface area contributed by atoms with Crippen LogP contribution < -0.4 is 5.32 Å². The average Bonchev–Trinajstić information content (AvgIpc) is 2.77. The summed E-state index contributed by atoms with van der Waals surface area (Å²) in [4.78, 5) is 32.7. The number of rotatable bonds is 12. The SMILES string of the molecule is O=C(O)CN(CCCCNC(=O)OCc1ccccc1)S(=O)(=O)c1ccc([N+](=O)[O-])cc1. The van der Waals surface area contributed by atoms with E-state index in [2.05, 4.69) is 5.32 Å². The summed E-state index contributed by atoms with van der Waals surface area (Å²) in [6.07, 6.45) is 0.0416. The molecule has 2 rings (SSSR count). The first-order chi connectivity index (χ1) is 15.2. The number of carbonyl (C=O) groups excluding carboxylic acids is 1. The van der Waals surface area contributed by atoms with Gasteiger partial charge >= 0.3 is 12.1 Å². The Bertz CT molecular complexity index is 1030. The lowest BCUT2D eigenvalue weighted by atomic mass is 10.2. The third-order valence-electron chi connectivity index (χ3n) is 4.31. The molecule has 0 spiro atoms. The summed E-state index contributed by atoms with van der Waals surface area (Å²) in [5.74, 6) is -1.34. The van der Waals surface area contributed by atoms with Crippen LogP contribution in [0.25, 0.3) is 0 Å². The molecule has 0 radical (unpaired) electrons. The molecule has 0 bridgehead atoms. The molecule has 0 atom stereocenters. The Kier molecular flexibility index (Phi) is 9.10. The molecule has 32 heavy (non-hydrogen) atoms. The smallest absolute Gasteiger partial charge is 0.407 e. The molecule has 0 unspecified atom stereocenters. The number of amides is 1. The van der Waals surface area contributed by atoms with E-state index in [-0.39, 0.29) is 36.7 Å². The van der Waals surface area contributed by atoms with Gasteiger partial charge in [0, 0.05) is 25.2 Å². The summed E-state index contributed by atoms with van der Waals surface area (Å²) in [7, 11) is -4.16. The van der Waals surface area contributed by atoms with E-state index >= 15 is 0 Å². The van der Waals surface area contributed by atoms with E-state index in [1.165, 1.54) is 0 Å². The largest absolute Gasteiger partial charge is 0.480 e. The van der Waals surface area contributed by atoms with Crippen LogP contribution in [0.5, 0.6) is 0 Å². The number of carboxylic acids is 1. The summed E-state index contributed by atoms with van der Waals surface area (Å²) in [6, 6.07) is 13.3. The highest BCUT2D eigenvalue weighted by molar-refractivity contribution is 7.89. The minimum Gasteiger partial charge on any atom is -0.480 e. The number of aliphatic carboxylic acids is 1. The van der Waals surface area contributed by atoms with Gasteiger partial charge < -0.3 is 15.2 Å². The Labute approximate surface area is 184 Å². The van der Waals surface area contributed by atoms with Gasteiger partial charge in [-0.2, -0.15) is 4.31 Å². The molecule has 2 aromatic carbocycles. The van der Waals surface area contributed by atoms with Crippen LogP contribution in [-0.2, 0) is 26.2 Å². The fourth-order valence-electron chi connectivity index (χ4n) is 2.70. The second-order valence-corrected chi connectivity index (χ2v) is 8.62. The second kappa shape index (κ2) is 11.8. The molecule has 12 heteroatoms. The number of unbranched alkanes of at least 4 members (excludes halogenated alkanes) is 1. The standard InChI is InChI=1S/C20H23N3O8S/c24-19(25)14-22(32(29,30)18-10-8-17(9-11-18)23(27)28)13-5-4-12-21-20(26)31-15-16-6-2-1-3-7-16/h1-3,6-11H,4-5,12-15H2,(H,21,26)(H,24,25). The second-order valence-electron chi connectivity index (χ2n) is 6.68. The molecule has 0 aliphatic rings. The van der Waals surface area contributed by atoms with E-state index in [1.54, 1.807) is 0 Å². The summed E-state index contributed by atoms with van der Waals surface area (Å²) in [5.41, 5.74) is 0.558. The Balaban J connectivity index is 1.84. The number of nitrogens with zero attached hydrogens (tertiary/aromatic N) is 2. The van der Waals surface area contributed by atoms with Crippen LogP contribution in [-0.4, -0.2) is 54.4 Å². The minimum atomic E-state index is -4.16. The molecular weight excluding hydrogens is 442 g/mol. The highest BCUT2D eigenvalue weighted by Crippen LogP contribution is 2.20. The molecule has 172 valence electrons. The molecule has 1 amide bonds. The number of nitro groups is 1. The third kappa shape index (κ3) is 7.63. The summed E-state index contributed by atoms with van der Waals surface area (Å²) in [5, 5.41) is 22.4. The first kappa shape index (κ1) is 24.8. The van der Waals surface area contributed by atoms with Crippen LogP contribution in [0.4, 0.5) is 10.5 Å². The van der Waals surface area contributed by atoms with Crippen molar-refractivity contribution in [2.75, 3.05) is 19.6 Å². The highest BCUT2D eigenvalue weighted by Gasteiger charge is 2.26. The maximum Gasteiger partial charge on any atom is 0.407 e. The van der Waals surface area contributed by atoms with E-state index in [0.717, 1.165) is 34.1 Å². The normalized spacial score (nSPS) is 11.2. The highest BCUT2D eigenvalue weighted by atomic mass is 32.2. The maximum atomic E-state index is 12.7. The summed E-state index contributed by atoms with van der Waals surface area (Å²) >= 11 is 0. The van der Waals surface area contributed by atoms with Crippen LogP contribution in [0.3, 0.4) is 0 Å². The molecule has 0 heterocycles. The lowest BCUT2D eigenvalue weighted by Gasteiger charge is -2.20. The van der Waals surface area contributed by atoms with Crippen molar-refractivity contribution < 1.29 is 32.8 Å². The molecule has 0 aliphatic carbocycles. The first-order valence-corrected chi connectivity index (χ1v) is 11.0. The van der Waals surface area contributed by atoms with E-state index in [9.17, 15) is 28.1 Å². The lowest BCUT2D eigenvalue weighted by Crippen LogP contribution is -2.36. The van der Waals surface area contributed by atoms with Crippen molar-refractivity contribution in [3.05, 3.63) is 70.3 Å². The van der Waals surface area contributed by atoms with Gasteiger partial charge in [-0.25, -0.2) is 13.2 Å². The molecule has 2 aromatic rings. The van der Waals surface area contributed by atoms with Gasteiger partial charge in [-0.1, -0.05) is 30.3 Å². The fraction of sp³-hybridized carbons (Fsp3) is 0.300. The first-order valence-electron chi connectivity index (χ1n) is 9.61. The van der Waals surface area contributed by atoms with Crippen LogP contribution in [0.2, 0.25) is 0 Å². The Morgan fingerprint density at radius 3 is 2.31 bits per heavy atom. The molecule has 0 aromatic heterocycles. The Morgan fingerprint density at radius 1 is 1.06 bits per heavy atom. The molecule has 0 fully saturated rings. The number of carboxylic acid groups (broad SMARTS) is 1. The van der Waals surface area contributed by atoms with Gasteiger partial charge in [0.2, 0.25) is 10.0 Å². The number of nitro benzene ring substituents is 1. The number of sulfonamides is 1. The number of nitrogens with one attached hydrogen (secondary N) is 1. The molecule has 0 saturated heterocycles. The van der Waals surface area contributed by atoms with Gasteiger partial charge in [-0.05, 0) is 30.5 Å². The molecule has 0 aliphatic heterocycles. The summed E-state index contributed by atoms with van der Waals surface area (Å²) in [6.45, 7) is -0.531. The molecule has 0 saturated carbocycles. The predicted octanol–water partition coefficient (Wildman–Crippen LogP) is 2.38. The number of benzene rings is 2. The maximum absolute atomic E-state index is 12.7. The van der Waals surface area contributed by atoms with E-state index in [0.29, 0.717) is 6.42 Å². The van der Waals surface area contributed by atoms with E-state index in [1.807, 2.05) is 30.3 Å². The van der Waals surface area contributed by atoms with Crippen LogP contribution >= 0.6 is 0 Å². The Hall–Kier alpha value is -3.51. The van der Waals surface area contributed by atoms with Gasteiger partial charge in [-0.3, -0.25) is 14.9 Å². The van der Waals surface area contributed by atoms with Crippen molar-refractivity contribution in [3.8, 4) is 0 Å². The number of hydrogen-bond acceptors (Lipinski definition) is 7. The molecular formula is C20H23N3O8S. The molecule has 11 nitrogen and oxygen atoms in total. The van der Waals surface area contributed by atoms with E-state index < -0.39 is 33.6 Å². The summed E-state index contributed by atoms with van der Waals surface area (Å²) < 4.78 is 31.3. The van der Waals surface area contributed by atoms with E-state index in [4.69, 9.17) is 9.84 Å². The van der Waals surface area contributed by atoms with Crippen LogP contribution in [0.15, 0.2) is 59.5 Å². The van der Waals surface area contributed by atoms with Crippen molar-refractivity contribution >= 4 is 27.8 Å². The average molecular weight is 465 g/mol. The van der Waals surface area contributed by atoms with Crippen molar-refractivity contribution in [1.82, 2.24) is 9.62 Å². The van der Waals surface area contributed by atoms with Crippen molar-refractivity contribution in [1.29, 1.82) is 0 Å². The topological polar surface area (TPSA) is 156 Å². The van der Waals surface area contributed by atoms with Crippen molar-refractivity contribution in [3.63, 3.8) is 0 Å². The monoisotopic (exact) mass is 465 g/mol. The lowest BCUT2D eigenvalue weighted by molar-refractivity contribution is -0.384. The fourth-order valence-corrected chi connectivity index (χ4v) is 4.13. The number of ether oxygens (including phenoxy) is 1. The number of carbonyl (C=O) groups is 2.